The van der Waals surface area contributed by atoms with Gasteiger partial charge in [0.25, 0.3) is 0 Å². The van der Waals surface area contributed by atoms with Crippen LogP contribution in [0.15, 0.2) is 0 Å². The molecule has 0 radical (unpaired) electrons. The molecule has 0 rings (SSSR count). The van der Waals surface area contributed by atoms with Crippen LogP contribution >= 0.6 is 0 Å². The first-order valence-corrected chi connectivity index (χ1v) is 4.02. The summed E-state index contributed by atoms with van der Waals surface area (Å²) < 4.78 is 0. The zero-order valence-corrected chi connectivity index (χ0v) is 7.26. The van der Waals surface area contributed by atoms with Crippen molar-refractivity contribution in [2.24, 2.45) is 5.73 Å². The number of hydrogen-bond donors (Lipinski definition) is 2. The van der Waals surface area contributed by atoms with Crippen LogP contribution in [0.25, 0.3) is 0 Å². The van der Waals surface area contributed by atoms with Gasteiger partial charge in [-0.15, -0.1) is 0 Å². The molecule has 0 heterocycles. The fourth-order valence-electron chi connectivity index (χ4n) is 0.738. The average molecular weight is 159 g/mol. The average Bonchev–Trinajstić information content (AvgIpc) is 1.97. The van der Waals surface area contributed by atoms with E-state index in [4.69, 9.17) is 5.73 Å². The van der Waals surface area contributed by atoms with E-state index in [0.29, 0.717) is 6.54 Å². The maximum atomic E-state index is 10.7. The molecule has 0 saturated heterocycles. The Hall–Kier alpha value is -0.770. The van der Waals surface area contributed by atoms with Gasteiger partial charge >= 0.3 is 6.03 Å². The number of amides is 2. The van der Waals surface area contributed by atoms with Gasteiger partial charge in [0, 0.05) is 13.1 Å². The van der Waals surface area contributed by atoms with Gasteiger partial charge in [0.05, 0.1) is 0 Å². The maximum Gasteiger partial charge on any atom is 0.329 e. The van der Waals surface area contributed by atoms with Crippen molar-refractivity contribution in [1.82, 2.24) is 10.4 Å². The van der Waals surface area contributed by atoms with Gasteiger partial charge in [0.2, 0.25) is 0 Å². The van der Waals surface area contributed by atoms with Gasteiger partial charge in [-0.05, 0) is 12.8 Å². The minimum Gasteiger partial charge on any atom is -0.350 e. The third-order valence-corrected chi connectivity index (χ3v) is 1.27. The molecular weight excluding hydrogens is 142 g/mol. The van der Waals surface area contributed by atoms with Gasteiger partial charge < -0.3 is 5.73 Å². The van der Waals surface area contributed by atoms with Crippen molar-refractivity contribution < 1.29 is 4.79 Å². The Labute approximate surface area is 67.7 Å². The summed E-state index contributed by atoms with van der Waals surface area (Å²) in [4.78, 5) is 10.7. The van der Waals surface area contributed by atoms with E-state index in [-0.39, 0.29) is 0 Å². The van der Waals surface area contributed by atoms with E-state index in [1.807, 2.05) is 13.8 Å². The molecule has 0 aromatic heterocycles. The number of hydrazine groups is 1. The zero-order chi connectivity index (χ0) is 8.69. The lowest BCUT2D eigenvalue weighted by Gasteiger charge is -2.19. The van der Waals surface area contributed by atoms with Crippen molar-refractivity contribution >= 4 is 6.03 Å². The lowest BCUT2D eigenvalue weighted by Crippen LogP contribution is -2.46. The van der Waals surface area contributed by atoms with Crippen LogP contribution in [-0.4, -0.2) is 24.1 Å². The first-order chi connectivity index (χ1) is 5.22. The summed E-state index contributed by atoms with van der Waals surface area (Å²) in [6.07, 6.45) is 1.91. The number of nitrogens with two attached hydrogens (primary N) is 1. The molecule has 0 aromatic rings. The molecule has 0 fully saturated rings. The van der Waals surface area contributed by atoms with Crippen LogP contribution in [0, 0.1) is 0 Å². The molecule has 0 spiro atoms. The molecule has 0 aliphatic heterocycles. The van der Waals surface area contributed by atoms with Crippen molar-refractivity contribution in [2.75, 3.05) is 13.1 Å². The number of rotatable bonds is 5. The van der Waals surface area contributed by atoms with Crippen molar-refractivity contribution in [1.29, 1.82) is 0 Å². The standard InChI is InChI=1S/C7H17N3O/c1-3-5-9-10(6-4-2)7(8)11/h9H,3-6H2,1-2H3,(H2,8,11). The molecule has 0 aromatic carbocycles. The lowest BCUT2D eigenvalue weighted by molar-refractivity contribution is 0.179. The molecule has 66 valence electrons. The Kier molecular flexibility index (Phi) is 5.56. The predicted molar refractivity (Wildman–Crippen MR) is 44.9 cm³/mol. The summed E-state index contributed by atoms with van der Waals surface area (Å²) in [6, 6.07) is -0.402. The summed E-state index contributed by atoms with van der Waals surface area (Å²) in [5.74, 6) is 0. The van der Waals surface area contributed by atoms with Crippen LogP contribution in [-0.2, 0) is 0 Å². The number of hydrogen-bond acceptors (Lipinski definition) is 2. The van der Waals surface area contributed by atoms with Gasteiger partial charge in [0.1, 0.15) is 0 Å². The van der Waals surface area contributed by atoms with Crippen molar-refractivity contribution in [3.63, 3.8) is 0 Å². The summed E-state index contributed by atoms with van der Waals surface area (Å²) in [5.41, 5.74) is 8.02. The molecule has 4 heteroatoms. The van der Waals surface area contributed by atoms with Crippen molar-refractivity contribution in [2.45, 2.75) is 26.7 Å². The highest BCUT2D eigenvalue weighted by atomic mass is 16.2. The molecule has 0 atom stereocenters. The summed E-state index contributed by atoms with van der Waals surface area (Å²) >= 11 is 0. The van der Waals surface area contributed by atoms with Crippen LogP contribution in [0.1, 0.15) is 26.7 Å². The van der Waals surface area contributed by atoms with Crippen molar-refractivity contribution in [3.05, 3.63) is 0 Å². The van der Waals surface area contributed by atoms with Crippen LogP contribution in [0.4, 0.5) is 4.79 Å². The Bertz CT molecular complexity index is 116. The van der Waals surface area contributed by atoms with E-state index >= 15 is 0 Å². The first-order valence-electron chi connectivity index (χ1n) is 4.02. The molecule has 0 bridgehead atoms. The number of carbonyl (C=O) groups is 1. The van der Waals surface area contributed by atoms with E-state index < -0.39 is 6.03 Å². The maximum absolute atomic E-state index is 10.7. The van der Waals surface area contributed by atoms with E-state index in [9.17, 15) is 4.79 Å². The summed E-state index contributed by atoms with van der Waals surface area (Å²) in [6.45, 7) is 5.51. The number of nitrogens with zero attached hydrogens (tertiary/aromatic N) is 1. The Morgan fingerprint density at radius 2 is 2.09 bits per heavy atom. The summed E-state index contributed by atoms with van der Waals surface area (Å²) in [5, 5.41) is 1.45. The molecule has 0 unspecified atom stereocenters. The predicted octanol–water partition coefficient (Wildman–Crippen LogP) is 0.692. The quantitative estimate of drug-likeness (QED) is 0.580. The number of nitrogens with one attached hydrogen (secondary N) is 1. The fraction of sp³-hybridized carbons (Fsp3) is 0.857. The third-order valence-electron chi connectivity index (χ3n) is 1.27. The smallest absolute Gasteiger partial charge is 0.329 e. The Morgan fingerprint density at radius 3 is 2.45 bits per heavy atom. The summed E-state index contributed by atoms with van der Waals surface area (Å²) in [7, 11) is 0. The highest BCUT2D eigenvalue weighted by Gasteiger charge is 2.05. The topological polar surface area (TPSA) is 58.4 Å². The molecule has 4 nitrogen and oxygen atoms in total. The van der Waals surface area contributed by atoms with Gasteiger partial charge in [-0.2, -0.15) is 0 Å². The van der Waals surface area contributed by atoms with E-state index in [0.717, 1.165) is 19.4 Å². The van der Waals surface area contributed by atoms with Gasteiger partial charge in [-0.1, -0.05) is 13.8 Å². The van der Waals surface area contributed by atoms with Crippen LogP contribution < -0.4 is 11.2 Å². The van der Waals surface area contributed by atoms with E-state index in [2.05, 4.69) is 5.43 Å². The van der Waals surface area contributed by atoms with Gasteiger partial charge in [0.15, 0.2) is 0 Å². The van der Waals surface area contributed by atoms with Crippen LogP contribution in [0.3, 0.4) is 0 Å². The number of carbonyl (C=O) groups excluding carboxylic acids is 1. The molecule has 0 aliphatic carbocycles. The minimum absolute atomic E-state index is 0.402. The Morgan fingerprint density at radius 1 is 1.45 bits per heavy atom. The lowest BCUT2D eigenvalue weighted by atomic mass is 10.4. The SMILES string of the molecule is CCCNN(CCC)C(N)=O. The highest BCUT2D eigenvalue weighted by Crippen LogP contribution is 1.85. The molecule has 11 heavy (non-hydrogen) atoms. The molecule has 0 saturated carbocycles. The van der Waals surface area contributed by atoms with Crippen LogP contribution in [0.2, 0.25) is 0 Å². The Balaban J connectivity index is 3.60. The highest BCUT2D eigenvalue weighted by molar-refractivity contribution is 5.71. The molecule has 2 amide bonds. The van der Waals surface area contributed by atoms with Crippen LogP contribution in [0.5, 0.6) is 0 Å². The number of primary amides is 1. The first kappa shape index (κ1) is 10.2. The van der Waals surface area contributed by atoms with E-state index in [1.165, 1.54) is 5.01 Å². The normalized spacial score (nSPS) is 9.64. The minimum atomic E-state index is -0.402. The van der Waals surface area contributed by atoms with Gasteiger partial charge in [-0.25, -0.2) is 10.2 Å². The second-order valence-corrected chi connectivity index (χ2v) is 2.40. The van der Waals surface area contributed by atoms with Crippen molar-refractivity contribution in [3.8, 4) is 0 Å². The van der Waals surface area contributed by atoms with Gasteiger partial charge in [-0.3, -0.25) is 5.01 Å². The third kappa shape index (κ3) is 4.61. The zero-order valence-electron chi connectivity index (χ0n) is 7.26. The fourth-order valence-corrected chi connectivity index (χ4v) is 0.738. The monoisotopic (exact) mass is 159 g/mol. The second-order valence-electron chi connectivity index (χ2n) is 2.40. The molecular formula is C7H17N3O. The number of urea groups is 1. The van der Waals surface area contributed by atoms with E-state index in [1.54, 1.807) is 0 Å². The second kappa shape index (κ2) is 5.97. The molecule has 0 aliphatic rings. The molecule has 3 N–H and O–H groups in total. The largest absolute Gasteiger partial charge is 0.350 e.